The summed E-state index contributed by atoms with van der Waals surface area (Å²) in [4.78, 5) is 20.6. The molecule has 0 unspecified atom stereocenters. The van der Waals surface area contributed by atoms with Gasteiger partial charge in [-0.05, 0) is 12.8 Å². The lowest BCUT2D eigenvalue weighted by Gasteiger charge is -2.23. The van der Waals surface area contributed by atoms with E-state index < -0.39 is 11.8 Å². The molecule has 0 bridgehead atoms. The fourth-order valence-corrected chi connectivity index (χ4v) is 1.02. The molecule has 1 aliphatic carbocycles. The molecule has 0 heterocycles. The van der Waals surface area contributed by atoms with Gasteiger partial charge in [-0.3, -0.25) is 4.79 Å². The molecule has 0 spiro atoms. The van der Waals surface area contributed by atoms with Crippen molar-refractivity contribution in [3.63, 3.8) is 0 Å². The number of aliphatic hydroxyl groups is 1. The Morgan fingerprint density at radius 3 is 2.17 bits per heavy atom. The maximum atomic E-state index is 10.6. The van der Waals surface area contributed by atoms with Gasteiger partial charge in [-0.15, -0.1) is 0 Å². The van der Waals surface area contributed by atoms with Crippen LogP contribution < -0.4 is 0 Å². The number of hydrogen-bond donors (Lipinski definition) is 2. The molecule has 0 aromatic heterocycles. The molecule has 12 heavy (non-hydrogen) atoms. The third kappa shape index (κ3) is 1.84. The first-order valence-electron chi connectivity index (χ1n) is 3.79. The van der Waals surface area contributed by atoms with E-state index in [9.17, 15) is 9.59 Å². The van der Waals surface area contributed by atoms with Crippen LogP contribution in [0.3, 0.4) is 0 Å². The standard InChI is InChI=1S/C8H10O4/c9-6(5-2-1-3-5)4-7(10)8(11)12/h4-5,9H,1-3H2,(H,11,12)/b6-4-. The van der Waals surface area contributed by atoms with E-state index in [4.69, 9.17) is 10.2 Å². The van der Waals surface area contributed by atoms with Crippen LogP contribution in [0.5, 0.6) is 0 Å². The van der Waals surface area contributed by atoms with Crippen LogP contribution in [0.2, 0.25) is 0 Å². The van der Waals surface area contributed by atoms with Gasteiger partial charge in [0, 0.05) is 12.0 Å². The van der Waals surface area contributed by atoms with Crippen molar-refractivity contribution in [2.45, 2.75) is 19.3 Å². The number of carboxylic acid groups (broad SMARTS) is 1. The van der Waals surface area contributed by atoms with E-state index in [0.717, 1.165) is 25.3 Å². The molecule has 0 atom stereocenters. The van der Waals surface area contributed by atoms with E-state index in [-0.39, 0.29) is 11.7 Å². The first kappa shape index (κ1) is 8.77. The number of carbonyl (C=O) groups is 2. The van der Waals surface area contributed by atoms with Crippen LogP contribution in [0.15, 0.2) is 11.8 Å². The van der Waals surface area contributed by atoms with Gasteiger partial charge in [-0.2, -0.15) is 0 Å². The molecule has 0 radical (unpaired) electrons. The smallest absolute Gasteiger partial charge is 0.376 e. The third-order valence-electron chi connectivity index (χ3n) is 2.01. The zero-order valence-corrected chi connectivity index (χ0v) is 6.49. The normalized spacial score (nSPS) is 18.5. The SMILES string of the molecule is O=C(O)C(=O)/C=C(\O)C1CCC1. The molecule has 1 fully saturated rings. The molecule has 0 aromatic carbocycles. The highest BCUT2D eigenvalue weighted by Crippen LogP contribution is 2.31. The lowest BCUT2D eigenvalue weighted by atomic mass is 9.83. The second kappa shape index (κ2) is 3.38. The Morgan fingerprint density at radius 1 is 1.25 bits per heavy atom. The van der Waals surface area contributed by atoms with E-state index in [0.29, 0.717) is 0 Å². The number of carboxylic acids is 1. The molecule has 1 aliphatic rings. The summed E-state index contributed by atoms with van der Waals surface area (Å²) in [5.74, 6) is -2.66. The molecule has 1 saturated carbocycles. The molecule has 0 aliphatic heterocycles. The summed E-state index contributed by atoms with van der Waals surface area (Å²) < 4.78 is 0. The van der Waals surface area contributed by atoms with Crippen LogP contribution in [-0.2, 0) is 9.59 Å². The highest BCUT2D eigenvalue weighted by atomic mass is 16.4. The van der Waals surface area contributed by atoms with E-state index in [1.54, 1.807) is 0 Å². The molecule has 66 valence electrons. The fraction of sp³-hybridized carbons (Fsp3) is 0.500. The fourth-order valence-electron chi connectivity index (χ4n) is 1.02. The minimum Gasteiger partial charge on any atom is -0.512 e. The number of allylic oxidation sites excluding steroid dienone is 1. The minimum atomic E-state index is -1.53. The van der Waals surface area contributed by atoms with Gasteiger partial charge in [-0.1, -0.05) is 6.42 Å². The number of ketones is 1. The maximum absolute atomic E-state index is 10.6. The van der Waals surface area contributed by atoms with Gasteiger partial charge in [0.25, 0.3) is 5.78 Å². The molecule has 4 heteroatoms. The average molecular weight is 170 g/mol. The summed E-state index contributed by atoms with van der Waals surface area (Å²) in [7, 11) is 0. The highest BCUT2D eigenvalue weighted by Gasteiger charge is 2.23. The average Bonchev–Trinajstić information content (AvgIpc) is 1.82. The Balaban J connectivity index is 2.54. The van der Waals surface area contributed by atoms with Gasteiger partial charge < -0.3 is 10.2 Å². The Kier molecular flexibility index (Phi) is 2.47. The van der Waals surface area contributed by atoms with Crippen LogP contribution in [0, 0.1) is 5.92 Å². The summed E-state index contributed by atoms with van der Waals surface area (Å²) in [5, 5.41) is 17.4. The first-order valence-corrected chi connectivity index (χ1v) is 3.79. The van der Waals surface area contributed by atoms with Crippen molar-refractivity contribution < 1.29 is 19.8 Å². The van der Waals surface area contributed by atoms with Crippen molar-refractivity contribution in [3.05, 3.63) is 11.8 Å². The molecule has 0 aromatic rings. The second-order valence-corrected chi connectivity index (χ2v) is 2.87. The first-order chi connectivity index (χ1) is 5.61. The molecule has 1 rings (SSSR count). The van der Waals surface area contributed by atoms with Crippen molar-refractivity contribution in [2.24, 2.45) is 5.92 Å². The Morgan fingerprint density at radius 2 is 1.83 bits per heavy atom. The predicted octanol–water partition coefficient (Wildman–Crippen LogP) is 0.882. The molecule has 2 N–H and O–H groups in total. The van der Waals surface area contributed by atoms with Gasteiger partial charge >= 0.3 is 5.97 Å². The van der Waals surface area contributed by atoms with Gasteiger partial charge in [-0.25, -0.2) is 4.79 Å². The van der Waals surface area contributed by atoms with Gasteiger partial charge in [0.05, 0.1) is 5.76 Å². The number of carbonyl (C=O) groups excluding carboxylic acids is 1. The van der Waals surface area contributed by atoms with E-state index in [1.165, 1.54) is 0 Å². The van der Waals surface area contributed by atoms with Crippen molar-refractivity contribution >= 4 is 11.8 Å². The highest BCUT2D eigenvalue weighted by molar-refractivity contribution is 6.37. The van der Waals surface area contributed by atoms with E-state index in [1.807, 2.05) is 0 Å². The van der Waals surface area contributed by atoms with Crippen LogP contribution in [0.4, 0.5) is 0 Å². The monoisotopic (exact) mass is 170 g/mol. The molecule has 0 amide bonds. The Hall–Kier alpha value is -1.32. The van der Waals surface area contributed by atoms with Crippen molar-refractivity contribution in [1.82, 2.24) is 0 Å². The molecule has 0 saturated heterocycles. The van der Waals surface area contributed by atoms with Gasteiger partial charge in [0.15, 0.2) is 0 Å². The largest absolute Gasteiger partial charge is 0.512 e. The number of aliphatic hydroxyl groups excluding tert-OH is 1. The van der Waals surface area contributed by atoms with Crippen LogP contribution >= 0.6 is 0 Å². The maximum Gasteiger partial charge on any atom is 0.376 e. The lowest BCUT2D eigenvalue weighted by molar-refractivity contribution is -0.146. The van der Waals surface area contributed by atoms with Crippen LogP contribution in [0.1, 0.15) is 19.3 Å². The summed E-state index contributed by atoms with van der Waals surface area (Å²) >= 11 is 0. The van der Waals surface area contributed by atoms with Crippen molar-refractivity contribution in [2.75, 3.05) is 0 Å². The molecular weight excluding hydrogens is 160 g/mol. The number of rotatable bonds is 3. The molecular formula is C8H10O4. The number of aliphatic carboxylic acids is 1. The van der Waals surface area contributed by atoms with E-state index >= 15 is 0 Å². The predicted molar refractivity (Wildman–Crippen MR) is 40.7 cm³/mol. The topological polar surface area (TPSA) is 74.6 Å². The zero-order chi connectivity index (χ0) is 9.14. The second-order valence-electron chi connectivity index (χ2n) is 2.87. The van der Waals surface area contributed by atoms with E-state index in [2.05, 4.69) is 0 Å². The lowest BCUT2D eigenvalue weighted by Crippen LogP contribution is -2.17. The Bertz CT molecular complexity index is 237. The van der Waals surface area contributed by atoms with Crippen molar-refractivity contribution in [1.29, 1.82) is 0 Å². The summed E-state index contributed by atoms with van der Waals surface area (Å²) in [6.45, 7) is 0. The van der Waals surface area contributed by atoms with Crippen LogP contribution in [0.25, 0.3) is 0 Å². The van der Waals surface area contributed by atoms with Gasteiger partial charge in [0.2, 0.25) is 0 Å². The summed E-state index contributed by atoms with van der Waals surface area (Å²) in [6, 6.07) is 0. The zero-order valence-electron chi connectivity index (χ0n) is 6.49. The molecule has 4 nitrogen and oxygen atoms in total. The summed E-state index contributed by atoms with van der Waals surface area (Å²) in [6.07, 6.45) is 3.51. The number of hydrogen-bond acceptors (Lipinski definition) is 3. The van der Waals surface area contributed by atoms with Crippen molar-refractivity contribution in [3.8, 4) is 0 Å². The van der Waals surface area contributed by atoms with Gasteiger partial charge in [0.1, 0.15) is 0 Å². The Labute approximate surface area is 69.5 Å². The summed E-state index contributed by atoms with van der Waals surface area (Å²) in [5.41, 5.74) is 0. The quantitative estimate of drug-likeness (QED) is 0.374. The minimum absolute atomic E-state index is 0.00769. The van der Waals surface area contributed by atoms with Crippen LogP contribution in [-0.4, -0.2) is 22.0 Å². The third-order valence-corrected chi connectivity index (χ3v) is 2.01.